The minimum atomic E-state index is 0.213. The molecule has 0 amide bonds. The third-order valence-corrected chi connectivity index (χ3v) is 5.88. The molecular formula is C23H26N4O4. The Morgan fingerprint density at radius 1 is 1.13 bits per heavy atom. The first-order valence-corrected chi connectivity index (χ1v) is 10.5. The van der Waals surface area contributed by atoms with Gasteiger partial charge >= 0.3 is 0 Å². The zero-order valence-electron chi connectivity index (χ0n) is 17.8. The Morgan fingerprint density at radius 3 is 2.84 bits per heavy atom. The predicted octanol–water partition coefficient (Wildman–Crippen LogP) is 3.83. The molecule has 2 aliphatic rings. The largest absolute Gasteiger partial charge is 0.493 e. The van der Waals surface area contributed by atoms with Gasteiger partial charge in [-0.2, -0.15) is 0 Å². The number of fused-ring (bicyclic) bond motifs is 2. The topological polar surface area (TPSA) is 78.0 Å². The van der Waals surface area contributed by atoms with Crippen LogP contribution in [-0.2, 0) is 0 Å². The normalized spacial score (nSPS) is 16.5. The number of nitrogens with one attached hydrogen (secondary N) is 1. The van der Waals surface area contributed by atoms with E-state index in [4.69, 9.17) is 18.9 Å². The maximum atomic E-state index is 6.17. The summed E-state index contributed by atoms with van der Waals surface area (Å²) in [7, 11) is 3.81. The Balaban J connectivity index is 1.41. The van der Waals surface area contributed by atoms with E-state index in [-0.39, 0.29) is 6.79 Å². The highest BCUT2D eigenvalue weighted by atomic mass is 16.7. The van der Waals surface area contributed by atoms with Crippen molar-refractivity contribution in [2.45, 2.75) is 12.8 Å². The van der Waals surface area contributed by atoms with Gasteiger partial charge in [-0.15, -0.1) is 0 Å². The van der Waals surface area contributed by atoms with E-state index in [2.05, 4.69) is 27.2 Å². The maximum absolute atomic E-state index is 6.17. The number of benzene rings is 2. The highest BCUT2D eigenvalue weighted by molar-refractivity contribution is 5.93. The molecule has 0 bridgehead atoms. The van der Waals surface area contributed by atoms with Gasteiger partial charge < -0.3 is 29.2 Å². The number of anilines is 2. The van der Waals surface area contributed by atoms with Crippen LogP contribution in [0.5, 0.6) is 23.0 Å². The summed E-state index contributed by atoms with van der Waals surface area (Å²) in [6, 6.07) is 9.56. The number of ether oxygens (including phenoxy) is 4. The molecule has 0 radical (unpaired) electrons. The number of rotatable bonds is 6. The highest BCUT2D eigenvalue weighted by Gasteiger charge is 2.20. The molecule has 31 heavy (non-hydrogen) atoms. The minimum absolute atomic E-state index is 0.213. The fraction of sp³-hybridized carbons (Fsp3) is 0.391. The lowest BCUT2D eigenvalue weighted by atomic mass is 9.98. The predicted molar refractivity (Wildman–Crippen MR) is 118 cm³/mol. The van der Waals surface area contributed by atoms with Crippen LogP contribution >= 0.6 is 0 Å². The monoisotopic (exact) mass is 422 g/mol. The molecule has 1 fully saturated rings. The summed E-state index contributed by atoms with van der Waals surface area (Å²) in [6.07, 6.45) is 3.84. The van der Waals surface area contributed by atoms with Crippen LogP contribution < -0.4 is 24.3 Å². The maximum Gasteiger partial charge on any atom is 0.231 e. The fourth-order valence-electron chi connectivity index (χ4n) is 4.03. The summed E-state index contributed by atoms with van der Waals surface area (Å²) in [5.41, 5.74) is 1.57. The zero-order chi connectivity index (χ0) is 21.2. The average molecular weight is 422 g/mol. The summed E-state index contributed by atoms with van der Waals surface area (Å²) in [6.45, 7) is 3.12. The number of methoxy groups -OCH3 is 1. The molecule has 5 rings (SSSR count). The van der Waals surface area contributed by atoms with Crippen molar-refractivity contribution in [2.75, 3.05) is 46.0 Å². The van der Waals surface area contributed by atoms with Crippen LogP contribution in [0.15, 0.2) is 36.7 Å². The van der Waals surface area contributed by atoms with Gasteiger partial charge in [-0.05, 0) is 57.1 Å². The number of para-hydroxylation sites is 1. The van der Waals surface area contributed by atoms with E-state index in [0.717, 1.165) is 42.5 Å². The standard InChI is InChI=1S/C23H26N4O4/c1-27-8-6-15(7-9-27)12-29-21-11-18-16(10-20(21)28-2)23(25-13-24-18)26-17-4-3-5-19-22(17)31-14-30-19/h3-5,10-11,13,15H,6-9,12,14H2,1-2H3,(H,24,25,26). The SMILES string of the molecule is COc1cc2c(Nc3cccc4c3OCO4)ncnc2cc1OCC1CCN(C)CC1. The first-order chi connectivity index (χ1) is 15.2. The van der Waals surface area contributed by atoms with Crippen molar-refractivity contribution in [1.82, 2.24) is 14.9 Å². The smallest absolute Gasteiger partial charge is 0.231 e. The van der Waals surface area contributed by atoms with Crippen LogP contribution in [0.4, 0.5) is 11.5 Å². The molecule has 3 aromatic rings. The van der Waals surface area contributed by atoms with Crippen LogP contribution in [0.3, 0.4) is 0 Å². The molecule has 0 unspecified atom stereocenters. The molecule has 0 atom stereocenters. The van der Waals surface area contributed by atoms with E-state index >= 15 is 0 Å². The van der Waals surface area contributed by atoms with Crippen LogP contribution in [0.1, 0.15) is 12.8 Å². The van der Waals surface area contributed by atoms with E-state index < -0.39 is 0 Å². The van der Waals surface area contributed by atoms with Crippen molar-refractivity contribution in [3.63, 3.8) is 0 Å². The summed E-state index contributed by atoms with van der Waals surface area (Å²) >= 11 is 0. The number of hydrogen-bond donors (Lipinski definition) is 1. The second-order valence-electron chi connectivity index (χ2n) is 7.96. The Labute approximate surface area is 181 Å². The molecule has 0 spiro atoms. The van der Waals surface area contributed by atoms with Crippen molar-refractivity contribution in [1.29, 1.82) is 0 Å². The van der Waals surface area contributed by atoms with E-state index in [0.29, 0.717) is 41.3 Å². The van der Waals surface area contributed by atoms with Gasteiger partial charge in [0.1, 0.15) is 12.1 Å². The molecule has 0 saturated carbocycles. The van der Waals surface area contributed by atoms with Crippen molar-refractivity contribution >= 4 is 22.4 Å². The molecule has 3 heterocycles. The van der Waals surface area contributed by atoms with E-state index in [1.165, 1.54) is 0 Å². The molecule has 2 aromatic carbocycles. The summed E-state index contributed by atoms with van der Waals surface area (Å²) in [5.74, 6) is 3.98. The lowest BCUT2D eigenvalue weighted by Crippen LogP contribution is -2.32. The molecule has 0 aliphatic carbocycles. The molecule has 1 saturated heterocycles. The van der Waals surface area contributed by atoms with Gasteiger partial charge in [-0.1, -0.05) is 6.07 Å². The van der Waals surface area contributed by atoms with Gasteiger partial charge in [0.2, 0.25) is 6.79 Å². The second kappa shape index (κ2) is 8.47. The third-order valence-electron chi connectivity index (χ3n) is 5.88. The second-order valence-corrected chi connectivity index (χ2v) is 7.96. The molecule has 1 aromatic heterocycles. The minimum Gasteiger partial charge on any atom is -0.493 e. The molecule has 1 N–H and O–H groups in total. The lowest BCUT2D eigenvalue weighted by molar-refractivity contribution is 0.157. The van der Waals surface area contributed by atoms with Crippen molar-refractivity contribution in [3.05, 3.63) is 36.7 Å². The summed E-state index contributed by atoms with van der Waals surface area (Å²) in [5, 5.41) is 4.18. The van der Waals surface area contributed by atoms with Crippen molar-refractivity contribution in [2.24, 2.45) is 5.92 Å². The van der Waals surface area contributed by atoms with Crippen molar-refractivity contribution < 1.29 is 18.9 Å². The molecule has 2 aliphatic heterocycles. The Hall–Kier alpha value is -3.26. The Kier molecular flexibility index (Phi) is 5.38. The lowest BCUT2D eigenvalue weighted by Gasteiger charge is -2.28. The first kappa shape index (κ1) is 19.7. The van der Waals surface area contributed by atoms with Crippen LogP contribution in [0, 0.1) is 5.92 Å². The molecule has 8 nitrogen and oxygen atoms in total. The third kappa shape index (κ3) is 4.03. The van der Waals surface area contributed by atoms with Crippen LogP contribution in [-0.4, -0.2) is 55.5 Å². The van der Waals surface area contributed by atoms with Crippen LogP contribution in [0.2, 0.25) is 0 Å². The van der Waals surface area contributed by atoms with Gasteiger partial charge in [0.15, 0.2) is 23.0 Å². The Morgan fingerprint density at radius 2 is 2.00 bits per heavy atom. The van der Waals surface area contributed by atoms with Gasteiger partial charge in [0.05, 0.1) is 24.9 Å². The van der Waals surface area contributed by atoms with E-state index in [1.54, 1.807) is 13.4 Å². The number of likely N-dealkylation sites (tertiary alicyclic amines) is 1. The Bertz CT molecular complexity index is 1080. The van der Waals surface area contributed by atoms with Gasteiger partial charge in [-0.3, -0.25) is 0 Å². The van der Waals surface area contributed by atoms with Gasteiger partial charge in [0.25, 0.3) is 0 Å². The van der Waals surface area contributed by atoms with Crippen LogP contribution in [0.25, 0.3) is 10.9 Å². The zero-order valence-corrected chi connectivity index (χ0v) is 17.8. The summed E-state index contributed by atoms with van der Waals surface area (Å²) < 4.78 is 22.9. The fourth-order valence-corrected chi connectivity index (χ4v) is 4.03. The number of aromatic nitrogens is 2. The molecule has 162 valence electrons. The quantitative estimate of drug-likeness (QED) is 0.642. The first-order valence-electron chi connectivity index (χ1n) is 10.5. The van der Waals surface area contributed by atoms with E-state index in [9.17, 15) is 0 Å². The molecule has 8 heteroatoms. The number of nitrogens with zero attached hydrogens (tertiary/aromatic N) is 3. The number of piperidine rings is 1. The van der Waals surface area contributed by atoms with Crippen molar-refractivity contribution in [3.8, 4) is 23.0 Å². The van der Waals surface area contributed by atoms with Gasteiger partial charge in [-0.25, -0.2) is 9.97 Å². The highest BCUT2D eigenvalue weighted by Crippen LogP contribution is 2.41. The average Bonchev–Trinajstić information content (AvgIpc) is 3.28. The van der Waals surface area contributed by atoms with Gasteiger partial charge in [0, 0.05) is 11.5 Å². The molecular weight excluding hydrogens is 396 g/mol. The van der Waals surface area contributed by atoms with E-state index in [1.807, 2.05) is 30.3 Å². The number of hydrogen-bond acceptors (Lipinski definition) is 8. The summed E-state index contributed by atoms with van der Waals surface area (Å²) in [4.78, 5) is 11.2.